The van der Waals surface area contributed by atoms with Gasteiger partial charge < -0.3 is 19.9 Å². The second kappa shape index (κ2) is 7.95. The molecule has 8 heteroatoms. The quantitative estimate of drug-likeness (QED) is 0.716. The summed E-state index contributed by atoms with van der Waals surface area (Å²) in [6.07, 6.45) is 2.51. The largest absolute Gasteiger partial charge is 0.493 e. The number of ether oxygens (including phenoxy) is 1. The summed E-state index contributed by atoms with van der Waals surface area (Å²) in [7, 11) is 0. The van der Waals surface area contributed by atoms with E-state index < -0.39 is 0 Å². The minimum absolute atomic E-state index is 0.0562. The standard InChI is InChI=1S/C22H26N6O2/c1-2-26-10-12-27(13-11-26)22-24-20-8-7-16(15-28(20)25-22)21(29)23-18-9-14-30-19-6-4-3-5-17(18)19/h3-8,15,18H,2,9-14H2,1H3,(H,23,29)/t18-/m0/s1. The molecule has 8 nitrogen and oxygen atoms in total. The molecule has 0 bridgehead atoms. The van der Waals surface area contributed by atoms with Crippen molar-refractivity contribution < 1.29 is 9.53 Å². The Morgan fingerprint density at radius 3 is 2.83 bits per heavy atom. The molecule has 0 spiro atoms. The molecule has 2 aromatic heterocycles. The van der Waals surface area contributed by atoms with E-state index in [1.165, 1.54) is 0 Å². The predicted octanol–water partition coefficient (Wildman–Crippen LogP) is 2.12. The molecule has 0 unspecified atom stereocenters. The number of aromatic nitrogens is 3. The molecule has 3 aromatic rings. The minimum Gasteiger partial charge on any atom is -0.493 e. The summed E-state index contributed by atoms with van der Waals surface area (Å²) in [6.45, 7) is 7.73. The van der Waals surface area contributed by atoms with Crippen molar-refractivity contribution in [1.29, 1.82) is 0 Å². The number of benzene rings is 1. The second-order valence-corrected chi connectivity index (χ2v) is 7.75. The molecule has 4 heterocycles. The topological polar surface area (TPSA) is 75.0 Å². The van der Waals surface area contributed by atoms with Crippen LogP contribution in [0.3, 0.4) is 0 Å². The number of carbonyl (C=O) groups is 1. The molecule has 156 valence electrons. The number of carbonyl (C=O) groups excluding carboxylic acids is 1. The van der Waals surface area contributed by atoms with Gasteiger partial charge in [-0.05, 0) is 24.7 Å². The van der Waals surface area contributed by atoms with E-state index in [4.69, 9.17) is 4.74 Å². The lowest BCUT2D eigenvalue weighted by molar-refractivity contribution is 0.0924. The van der Waals surface area contributed by atoms with E-state index in [2.05, 4.69) is 32.1 Å². The molecule has 1 saturated heterocycles. The molecule has 1 fully saturated rings. The maximum absolute atomic E-state index is 12.9. The van der Waals surface area contributed by atoms with Gasteiger partial charge in [0.15, 0.2) is 5.65 Å². The second-order valence-electron chi connectivity index (χ2n) is 7.75. The van der Waals surface area contributed by atoms with E-state index in [-0.39, 0.29) is 11.9 Å². The van der Waals surface area contributed by atoms with E-state index in [0.717, 1.165) is 62.1 Å². The lowest BCUT2D eigenvalue weighted by Gasteiger charge is -2.33. The summed E-state index contributed by atoms with van der Waals surface area (Å²) in [5.74, 6) is 1.45. The fourth-order valence-electron chi connectivity index (χ4n) is 4.14. The summed E-state index contributed by atoms with van der Waals surface area (Å²) in [4.78, 5) is 22.2. The first kappa shape index (κ1) is 18.9. The molecule has 5 rings (SSSR count). The molecule has 2 aliphatic heterocycles. The SMILES string of the molecule is CCN1CCN(c2nc3ccc(C(=O)N[C@H]4CCOc5ccccc54)cn3n2)CC1. The average molecular weight is 406 g/mol. The number of likely N-dealkylation sites (N-methyl/N-ethyl adjacent to an activating group) is 1. The van der Waals surface area contributed by atoms with Gasteiger partial charge in [-0.3, -0.25) is 4.79 Å². The summed E-state index contributed by atoms with van der Waals surface area (Å²) in [5.41, 5.74) is 2.34. The Labute approximate surface area is 175 Å². The summed E-state index contributed by atoms with van der Waals surface area (Å²) < 4.78 is 7.39. The number of pyridine rings is 1. The van der Waals surface area contributed by atoms with Crippen LogP contribution in [0.25, 0.3) is 5.65 Å². The van der Waals surface area contributed by atoms with Crippen LogP contribution in [0, 0.1) is 0 Å². The number of anilines is 1. The third-order valence-corrected chi connectivity index (χ3v) is 5.95. The number of hydrogen-bond donors (Lipinski definition) is 1. The zero-order valence-corrected chi connectivity index (χ0v) is 17.1. The first-order chi connectivity index (χ1) is 14.7. The Kier molecular flexibility index (Phi) is 5.00. The van der Waals surface area contributed by atoms with Crippen LogP contribution >= 0.6 is 0 Å². The van der Waals surface area contributed by atoms with E-state index >= 15 is 0 Å². The van der Waals surface area contributed by atoms with Gasteiger partial charge in [-0.1, -0.05) is 25.1 Å². The molecule has 1 amide bonds. The first-order valence-corrected chi connectivity index (χ1v) is 10.6. The monoisotopic (exact) mass is 406 g/mol. The van der Waals surface area contributed by atoms with Gasteiger partial charge in [0.25, 0.3) is 5.91 Å². The smallest absolute Gasteiger partial charge is 0.253 e. The number of amides is 1. The zero-order chi connectivity index (χ0) is 20.5. The Morgan fingerprint density at radius 1 is 1.17 bits per heavy atom. The van der Waals surface area contributed by atoms with Crippen LogP contribution in [0.4, 0.5) is 5.95 Å². The number of nitrogens with one attached hydrogen (secondary N) is 1. The van der Waals surface area contributed by atoms with Crippen LogP contribution in [-0.2, 0) is 0 Å². The fraction of sp³-hybridized carbons (Fsp3) is 0.409. The van der Waals surface area contributed by atoms with Crippen molar-refractivity contribution in [3.05, 3.63) is 53.7 Å². The first-order valence-electron chi connectivity index (χ1n) is 10.6. The Hall–Kier alpha value is -3.13. The summed E-state index contributed by atoms with van der Waals surface area (Å²) >= 11 is 0. The number of nitrogens with zero attached hydrogens (tertiary/aromatic N) is 5. The number of para-hydroxylation sites is 1. The number of rotatable bonds is 4. The van der Waals surface area contributed by atoms with E-state index in [1.54, 1.807) is 10.7 Å². The van der Waals surface area contributed by atoms with E-state index in [9.17, 15) is 4.79 Å². The average Bonchev–Trinajstić information content (AvgIpc) is 3.23. The van der Waals surface area contributed by atoms with Crippen molar-refractivity contribution in [1.82, 2.24) is 24.8 Å². The molecule has 0 aliphatic carbocycles. The van der Waals surface area contributed by atoms with Gasteiger partial charge in [0, 0.05) is 44.4 Å². The van der Waals surface area contributed by atoms with Crippen molar-refractivity contribution in [2.75, 3.05) is 44.2 Å². The highest BCUT2D eigenvalue weighted by molar-refractivity contribution is 5.94. The third-order valence-electron chi connectivity index (χ3n) is 5.95. The lowest BCUT2D eigenvalue weighted by Crippen LogP contribution is -2.46. The van der Waals surface area contributed by atoms with Crippen molar-refractivity contribution in [3.8, 4) is 5.75 Å². The molecule has 0 radical (unpaired) electrons. The maximum Gasteiger partial charge on any atom is 0.253 e. The summed E-state index contributed by atoms with van der Waals surface area (Å²) in [6, 6.07) is 11.5. The van der Waals surface area contributed by atoms with Crippen LogP contribution in [0.5, 0.6) is 5.75 Å². The molecule has 1 aromatic carbocycles. The number of hydrogen-bond acceptors (Lipinski definition) is 6. The molecule has 30 heavy (non-hydrogen) atoms. The van der Waals surface area contributed by atoms with E-state index in [1.807, 2.05) is 36.4 Å². The highest BCUT2D eigenvalue weighted by Crippen LogP contribution is 2.31. The van der Waals surface area contributed by atoms with Crippen LogP contribution in [0.15, 0.2) is 42.6 Å². The molecular formula is C22H26N6O2. The third kappa shape index (κ3) is 3.59. The Morgan fingerprint density at radius 2 is 2.00 bits per heavy atom. The van der Waals surface area contributed by atoms with Gasteiger partial charge in [0.05, 0.1) is 18.2 Å². The van der Waals surface area contributed by atoms with E-state index in [0.29, 0.717) is 12.2 Å². The Bertz CT molecular complexity index is 1060. The summed E-state index contributed by atoms with van der Waals surface area (Å²) in [5, 5.41) is 7.77. The van der Waals surface area contributed by atoms with Crippen LogP contribution in [0.1, 0.15) is 35.3 Å². The van der Waals surface area contributed by atoms with Crippen molar-refractivity contribution >= 4 is 17.5 Å². The van der Waals surface area contributed by atoms with Gasteiger partial charge >= 0.3 is 0 Å². The van der Waals surface area contributed by atoms with Gasteiger partial charge in [-0.2, -0.15) is 4.98 Å². The van der Waals surface area contributed by atoms with Crippen molar-refractivity contribution in [2.45, 2.75) is 19.4 Å². The fourth-order valence-corrected chi connectivity index (χ4v) is 4.14. The van der Waals surface area contributed by atoms with Crippen LogP contribution in [-0.4, -0.2) is 64.7 Å². The van der Waals surface area contributed by atoms with Gasteiger partial charge in [0.1, 0.15) is 5.75 Å². The highest BCUT2D eigenvalue weighted by atomic mass is 16.5. The van der Waals surface area contributed by atoms with Crippen LogP contribution < -0.4 is 15.0 Å². The molecule has 1 atom stereocenters. The van der Waals surface area contributed by atoms with Gasteiger partial charge in [-0.15, -0.1) is 5.10 Å². The number of fused-ring (bicyclic) bond motifs is 2. The lowest BCUT2D eigenvalue weighted by atomic mass is 10.0. The van der Waals surface area contributed by atoms with Crippen LogP contribution in [0.2, 0.25) is 0 Å². The normalized spacial score (nSPS) is 19.4. The minimum atomic E-state index is -0.118. The number of piperazine rings is 1. The predicted molar refractivity (Wildman–Crippen MR) is 114 cm³/mol. The van der Waals surface area contributed by atoms with Crippen molar-refractivity contribution in [2.24, 2.45) is 0 Å². The molecule has 0 saturated carbocycles. The molecular weight excluding hydrogens is 380 g/mol. The van der Waals surface area contributed by atoms with Gasteiger partial charge in [0.2, 0.25) is 5.95 Å². The molecule has 1 N–H and O–H groups in total. The van der Waals surface area contributed by atoms with Gasteiger partial charge in [-0.25, -0.2) is 4.52 Å². The zero-order valence-electron chi connectivity index (χ0n) is 17.1. The van der Waals surface area contributed by atoms with Crippen molar-refractivity contribution in [3.63, 3.8) is 0 Å². The maximum atomic E-state index is 12.9. The highest BCUT2D eigenvalue weighted by Gasteiger charge is 2.24. The molecule has 2 aliphatic rings. The Balaban J connectivity index is 1.32.